The summed E-state index contributed by atoms with van der Waals surface area (Å²) in [7, 11) is -0.375. The molecule has 1 aromatic heterocycles. The molecule has 4 nitrogen and oxygen atoms in total. The summed E-state index contributed by atoms with van der Waals surface area (Å²) in [5.41, 5.74) is 1.32. The van der Waals surface area contributed by atoms with Crippen LogP contribution in [-0.4, -0.2) is 24.3 Å². The Kier molecular flexibility index (Phi) is 6.32. The summed E-state index contributed by atoms with van der Waals surface area (Å²) in [4.78, 5) is 12.6. The van der Waals surface area contributed by atoms with E-state index in [-0.39, 0.29) is 24.8 Å². The molecule has 6 heteroatoms. The minimum absolute atomic E-state index is 0.00264. The first kappa shape index (κ1) is 21.1. The Bertz CT molecular complexity index is 757. The van der Waals surface area contributed by atoms with Crippen molar-refractivity contribution < 1.29 is 18.8 Å². The van der Waals surface area contributed by atoms with Gasteiger partial charge in [0.15, 0.2) is 0 Å². The lowest BCUT2D eigenvalue weighted by atomic mass is 9.63. The van der Waals surface area contributed by atoms with Crippen LogP contribution in [0.25, 0.3) is 0 Å². The van der Waals surface area contributed by atoms with Crippen LogP contribution in [0.4, 0.5) is 0 Å². The maximum Gasteiger partial charge on any atom is 0.461 e. The zero-order valence-corrected chi connectivity index (χ0v) is 18.1. The highest BCUT2D eigenvalue weighted by Gasteiger charge is 2.54. The lowest BCUT2D eigenvalue weighted by Gasteiger charge is -2.32. The number of carbonyl (C=O) groups is 1. The highest BCUT2D eigenvalue weighted by atomic mass is 32.1. The third-order valence-electron chi connectivity index (χ3n) is 5.93. The Morgan fingerprint density at radius 3 is 2.32 bits per heavy atom. The molecule has 3 rings (SSSR count). The third kappa shape index (κ3) is 4.67. The molecule has 1 saturated heterocycles. The number of hydrogen-bond acceptors (Lipinski definition) is 5. The van der Waals surface area contributed by atoms with E-state index >= 15 is 0 Å². The molecule has 1 fully saturated rings. The molecule has 1 aliphatic heterocycles. The van der Waals surface area contributed by atoms with Gasteiger partial charge in [0.1, 0.15) is 6.61 Å². The van der Waals surface area contributed by atoms with Gasteiger partial charge in [-0.3, -0.25) is 4.79 Å². The van der Waals surface area contributed by atoms with Crippen LogP contribution in [-0.2, 0) is 25.4 Å². The van der Waals surface area contributed by atoms with Crippen molar-refractivity contribution in [1.29, 1.82) is 0 Å². The lowest BCUT2D eigenvalue weighted by molar-refractivity contribution is -0.145. The second kappa shape index (κ2) is 8.40. The Morgan fingerprint density at radius 2 is 1.75 bits per heavy atom. The van der Waals surface area contributed by atoms with Crippen molar-refractivity contribution in [1.82, 2.24) is 0 Å². The molecule has 0 amide bonds. The van der Waals surface area contributed by atoms with Crippen LogP contribution in [0.3, 0.4) is 0 Å². The molecule has 0 aliphatic carbocycles. The molecule has 150 valence electrons. The molecule has 0 saturated carbocycles. The summed E-state index contributed by atoms with van der Waals surface area (Å²) in [5.74, 6) is -0.258. The molecule has 0 bridgehead atoms. The normalized spacial score (nSPS) is 20.0. The number of carbonyl (C=O) groups excluding carboxylic acids is 1. The van der Waals surface area contributed by atoms with Crippen molar-refractivity contribution in [2.45, 2.75) is 70.6 Å². The predicted octanol–water partition coefficient (Wildman–Crippen LogP) is 5.45. The minimum Gasteiger partial charge on any atom is -0.461 e. The first-order valence-corrected chi connectivity index (χ1v) is 10.7. The Labute approximate surface area is 172 Å². The average molecular weight is 400 g/mol. The van der Waals surface area contributed by atoms with Crippen molar-refractivity contribution in [3.05, 3.63) is 58.3 Å². The van der Waals surface area contributed by atoms with E-state index in [1.165, 1.54) is 0 Å². The smallest absolute Gasteiger partial charge is 0.461 e. The van der Waals surface area contributed by atoms with E-state index < -0.39 is 11.2 Å². The van der Waals surface area contributed by atoms with E-state index in [1.807, 2.05) is 62.7 Å². The number of hydrogen-bond donors (Lipinski definition) is 0. The highest BCUT2D eigenvalue weighted by Crippen LogP contribution is 2.44. The van der Waals surface area contributed by atoms with Gasteiger partial charge < -0.3 is 14.0 Å². The molecular formula is C22H29BO4S. The number of rotatable bonds is 7. The molecule has 0 radical (unpaired) electrons. The van der Waals surface area contributed by atoms with Crippen molar-refractivity contribution in [2.24, 2.45) is 0 Å². The molecule has 28 heavy (non-hydrogen) atoms. The average Bonchev–Trinajstić information content (AvgIpc) is 3.24. The quantitative estimate of drug-likeness (QED) is 0.458. The first-order chi connectivity index (χ1) is 13.2. The van der Waals surface area contributed by atoms with E-state index in [0.29, 0.717) is 13.0 Å². The molecule has 0 spiro atoms. The van der Waals surface area contributed by atoms with Gasteiger partial charge in [-0.15, -0.1) is 0 Å². The van der Waals surface area contributed by atoms with E-state index in [9.17, 15) is 4.79 Å². The maximum atomic E-state index is 12.6. The van der Waals surface area contributed by atoms with Crippen LogP contribution in [0.1, 0.15) is 58.1 Å². The van der Waals surface area contributed by atoms with Crippen LogP contribution >= 0.6 is 11.3 Å². The number of esters is 1. The Hall–Kier alpha value is -1.63. The minimum atomic E-state index is -0.396. The third-order valence-corrected chi connectivity index (χ3v) is 6.66. The number of ether oxygens (including phenoxy) is 1. The first-order valence-electron chi connectivity index (χ1n) is 9.77. The summed E-state index contributed by atoms with van der Waals surface area (Å²) in [5, 5.41) is 3.98. The van der Waals surface area contributed by atoms with Gasteiger partial charge in [-0.1, -0.05) is 37.3 Å². The Morgan fingerprint density at radius 1 is 1.11 bits per heavy atom. The second-order valence-electron chi connectivity index (χ2n) is 8.50. The molecule has 0 unspecified atom stereocenters. The molecular weight excluding hydrogens is 371 g/mol. The van der Waals surface area contributed by atoms with Crippen molar-refractivity contribution in [3.63, 3.8) is 0 Å². The van der Waals surface area contributed by atoms with E-state index in [2.05, 4.69) is 19.1 Å². The van der Waals surface area contributed by atoms with Crippen LogP contribution in [0.5, 0.6) is 0 Å². The van der Waals surface area contributed by atoms with Crippen molar-refractivity contribution >= 4 is 24.4 Å². The molecule has 2 heterocycles. The SMILES string of the molecule is C[C@H](B1OC(C)(C)C(C)(C)O1)[C@@H](CC(=O)OCc1ccsc1)c1ccccc1. The topological polar surface area (TPSA) is 44.8 Å². The van der Waals surface area contributed by atoms with Gasteiger partial charge >= 0.3 is 13.1 Å². The van der Waals surface area contributed by atoms with Crippen LogP contribution in [0.15, 0.2) is 47.2 Å². The van der Waals surface area contributed by atoms with E-state index in [1.54, 1.807) is 11.3 Å². The molecule has 2 aromatic rings. The molecule has 1 aromatic carbocycles. The van der Waals surface area contributed by atoms with Gasteiger partial charge in [0, 0.05) is 5.56 Å². The molecule has 2 atom stereocenters. The lowest BCUT2D eigenvalue weighted by Crippen LogP contribution is -2.41. The van der Waals surface area contributed by atoms with Crippen LogP contribution in [0.2, 0.25) is 5.82 Å². The van der Waals surface area contributed by atoms with E-state index in [0.717, 1.165) is 11.1 Å². The van der Waals surface area contributed by atoms with Crippen LogP contribution in [0, 0.1) is 0 Å². The predicted molar refractivity (Wildman–Crippen MR) is 113 cm³/mol. The molecule has 0 N–H and O–H groups in total. The second-order valence-corrected chi connectivity index (χ2v) is 9.28. The van der Waals surface area contributed by atoms with Gasteiger partial charge in [-0.05, 0) is 61.8 Å². The zero-order valence-electron chi connectivity index (χ0n) is 17.3. The Balaban J connectivity index is 1.73. The van der Waals surface area contributed by atoms with Crippen molar-refractivity contribution in [3.8, 4) is 0 Å². The number of thiophene rings is 1. The van der Waals surface area contributed by atoms with Gasteiger partial charge in [-0.2, -0.15) is 11.3 Å². The standard InChI is InChI=1S/C22H29BO4S/c1-16(23-26-21(2,3)22(4,5)27-23)19(18-9-7-6-8-10-18)13-20(24)25-14-17-11-12-28-15-17/h6-12,15-16,19H,13-14H2,1-5H3/t16-,19+/m0/s1. The summed E-state index contributed by atoms with van der Waals surface area (Å²) < 4.78 is 18.0. The summed E-state index contributed by atoms with van der Waals surface area (Å²) in [6.07, 6.45) is 0.291. The van der Waals surface area contributed by atoms with Gasteiger partial charge in [0.25, 0.3) is 0 Å². The van der Waals surface area contributed by atoms with Gasteiger partial charge in [0.2, 0.25) is 0 Å². The maximum absolute atomic E-state index is 12.6. The molecule has 1 aliphatic rings. The summed E-state index contributed by atoms with van der Waals surface area (Å²) >= 11 is 1.60. The number of benzene rings is 1. The zero-order chi connectivity index (χ0) is 20.4. The fraction of sp³-hybridized carbons (Fsp3) is 0.500. The van der Waals surface area contributed by atoms with Gasteiger partial charge in [0.05, 0.1) is 17.6 Å². The summed E-state index contributed by atoms with van der Waals surface area (Å²) in [6.45, 7) is 10.6. The van der Waals surface area contributed by atoms with Crippen LogP contribution < -0.4 is 0 Å². The monoisotopic (exact) mass is 400 g/mol. The highest BCUT2D eigenvalue weighted by molar-refractivity contribution is 7.07. The fourth-order valence-corrected chi connectivity index (χ4v) is 4.03. The fourth-order valence-electron chi connectivity index (χ4n) is 3.38. The van der Waals surface area contributed by atoms with Crippen molar-refractivity contribution in [2.75, 3.05) is 0 Å². The van der Waals surface area contributed by atoms with E-state index in [4.69, 9.17) is 14.0 Å². The summed E-state index contributed by atoms with van der Waals surface area (Å²) in [6, 6.07) is 12.1. The van der Waals surface area contributed by atoms with Gasteiger partial charge in [-0.25, -0.2) is 0 Å². The largest absolute Gasteiger partial charge is 0.461 e.